The Kier molecular flexibility index (Phi) is 8.70. The normalized spacial score (nSPS) is 13.5. The summed E-state index contributed by atoms with van der Waals surface area (Å²) in [6.07, 6.45) is 8.42. The van der Waals surface area contributed by atoms with Crippen molar-refractivity contribution >= 4 is 34.8 Å². The fourth-order valence-electron chi connectivity index (χ4n) is 2.08. The summed E-state index contributed by atoms with van der Waals surface area (Å²) >= 11 is 17.1. The summed E-state index contributed by atoms with van der Waals surface area (Å²) < 4.78 is 4.57. The Balaban J connectivity index is 2.33. The van der Waals surface area contributed by atoms with E-state index in [1.807, 2.05) is 24.3 Å². The molecule has 0 aliphatic carbocycles. The van der Waals surface area contributed by atoms with Crippen LogP contribution in [0, 0.1) is 0 Å². The van der Waals surface area contributed by atoms with Crippen LogP contribution < -0.4 is 4.74 Å². The maximum atomic E-state index is 5.77. The number of allylic oxidation sites excluding steroid dienone is 3. The van der Waals surface area contributed by atoms with Crippen molar-refractivity contribution in [2.75, 3.05) is 6.61 Å². The topological polar surface area (TPSA) is 9.23 Å². The fraction of sp³-hybridized carbons (Fsp3) is 0.500. The average molecular weight is 390 g/mol. The predicted octanol–water partition coefficient (Wildman–Crippen LogP) is 7.41. The molecule has 0 heterocycles. The Morgan fingerprint density at radius 1 is 1.04 bits per heavy atom. The van der Waals surface area contributed by atoms with Gasteiger partial charge in [0.05, 0.1) is 0 Å². The van der Waals surface area contributed by atoms with Gasteiger partial charge in [-0.15, -0.1) is 0 Å². The van der Waals surface area contributed by atoms with Crippen molar-refractivity contribution in [3.63, 3.8) is 0 Å². The molecule has 0 aliphatic heterocycles. The predicted molar refractivity (Wildman–Crippen MR) is 108 cm³/mol. The summed E-state index contributed by atoms with van der Waals surface area (Å²) in [5, 5.41) is 0. The monoisotopic (exact) mass is 388 g/mol. The van der Waals surface area contributed by atoms with Gasteiger partial charge in [0.1, 0.15) is 12.4 Å². The van der Waals surface area contributed by atoms with Crippen molar-refractivity contribution in [3.05, 3.63) is 53.6 Å². The van der Waals surface area contributed by atoms with Crippen molar-refractivity contribution in [1.29, 1.82) is 0 Å². The second-order valence-electron chi connectivity index (χ2n) is 6.97. The quantitative estimate of drug-likeness (QED) is 0.348. The van der Waals surface area contributed by atoms with Crippen LogP contribution in [0.3, 0.4) is 0 Å². The zero-order valence-electron chi connectivity index (χ0n) is 14.9. The zero-order valence-corrected chi connectivity index (χ0v) is 17.2. The molecule has 24 heavy (non-hydrogen) atoms. The molecule has 0 aliphatic rings. The van der Waals surface area contributed by atoms with Crippen LogP contribution in [0.1, 0.15) is 52.5 Å². The first-order valence-electron chi connectivity index (χ1n) is 8.18. The van der Waals surface area contributed by atoms with Crippen LogP contribution in [-0.2, 0) is 5.41 Å². The van der Waals surface area contributed by atoms with Gasteiger partial charge in [-0.2, -0.15) is 0 Å². The van der Waals surface area contributed by atoms with Gasteiger partial charge in [0, 0.05) is 6.42 Å². The van der Waals surface area contributed by atoms with Crippen LogP contribution in [0.4, 0.5) is 0 Å². The van der Waals surface area contributed by atoms with E-state index in [1.54, 1.807) is 0 Å². The van der Waals surface area contributed by atoms with Crippen LogP contribution in [0.25, 0.3) is 0 Å². The third kappa shape index (κ3) is 9.61. The van der Waals surface area contributed by atoms with Crippen LogP contribution in [-0.4, -0.2) is 10.4 Å². The molecule has 0 spiro atoms. The highest BCUT2D eigenvalue weighted by molar-refractivity contribution is 6.67. The molecule has 0 atom stereocenters. The molecule has 0 radical (unpaired) electrons. The molecule has 1 aromatic rings. The number of ether oxygens (including phenoxy) is 1. The molecule has 0 fully saturated rings. The molecule has 4 heteroatoms. The smallest absolute Gasteiger partial charge is 0.194 e. The van der Waals surface area contributed by atoms with Gasteiger partial charge < -0.3 is 4.74 Å². The third-order valence-corrected chi connectivity index (χ3v) is 4.09. The minimum absolute atomic E-state index is 0.165. The van der Waals surface area contributed by atoms with Gasteiger partial charge in [0.2, 0.25) is 0 Å². The molecule has 0 amide bonds. The van der Waals surface area contributed by atoms with Crippen LogP contribution in [0.15, 0.2) is 48.1 Å². The maximum Gasteiger partial charge on any atom is 0.194 e. The van der Waals surface area contributed by atoms with Crippen LogP contribution in [0.2, 0.25) is 0 Å². The van der Waals surface area contributed by atoms with E-state index >= 15 is 0 Å². The van der Waals surface area contributed by atoms with Gasteiger partial charge in [-0.1, -0.05) is 85.4 Å². The minimum atomic E-state index is -1.20. The number of hydrogen-bond donors (Lipinski definition) is 0. The average Bonchev–Trinajstić information content (AvgIpc) is 2.45. The lowest BCUT2D eigenvalue weighted by atomic mass is 9.87. The first-order valence-corrected chi connectivity index (χ1v) is 9.32. The molecular formula is C20H27Cl3O. The molecule has 0 aromatic heterocycles. The molecule has 1 rings (SSSR count). The first kappa shape index (κ1) is 21.4. The number of alkyl halides is 3. The van der Waals surface area contributed by atoms with Gasteiger partial charge in [0.25, 0.3) is 0 Å². The molecule has 0 bridgehead atoms. The fourth-order valence-corrected chi connectivity index (χ4v) is 2.35. The Morgan fingerprint density at radius 2 is 1.67 bits per heavy atom. The first-order chi connectivity index (χ1) is 11.1. The van der Waals surface area contributed by atoms with E-state index in [2.05, 4.69) is 45.9 Å². The number of rotatable bonds is 7. The van der Waals surface area contributed by atoms with Gasteiger partial charge in [-0.05, 0) is 49.0 Å². The van der Waals surface area contributed by atoms with Crippen molar-refractivity contribution in [2.45, 2.75) is 56.2 Å². The highest BCUT2D eigenvalue weighted by Crippen LogP contribution is 2.30. The number of halogens is 3. The lowest BCUT2D eigenvalue weighted by Gasteiger charge is -2.19. The Hall–Kier alpha value is -0.630. The second-order valence-corrected chi connectivity index (χ2v) is 9.48. The van der Waals surface area contributed by atoms with Gasteiger partial charge >= 0.3 is 0 Å². The second kappa shape index (κ2) is 9.75. The summed E-state index contributed by atoms with van der Waals surface area (Å²) in [6.45, 7) is 9.30. The Labute approximate surface area is 161 Å². The van der Waals surface area contributed by atoms with E-state index in [1.165, 1.54) is 11.1 Å². The molecule has 0 saturated heterocycles. The van der Waals surface area contributed by atoms with Gasteiger partial charge in [-0.25, -0.2) is 0 Å². The summed E-state index contributed by atoms with van der Waals surface area (Å²) in [5.41, 5.74) is 2.77. The summed E-state index contributed by atoms with van der Waals surface area (Å²) in [7, 11) is 0. The lowest BCUT2D eigenvalue weighted by molar-refractivity contribution is 0.361. The lowest BCUT2D eigenvalue weighted by Crippen LogP contribution is -2.10. The Morgan fingerprint density at radius 3 is 2.21 bits per heavy atom. The van der Waals surface area contributed by atoms with E-state index in [0.29, 0.717) is 13.0 Å². The standard InChI is InChI=1S/C20H27Cl3O/c1-16(8-6-5-7-14-20(21,22)23)13-15-24-18-11-9-17(10-12-18)19(2,3)4/h5,7,9-13H,6,8,14-15H2,1-4H3. The summed E-state index contributed by atoms with van der Waals surface area (Å²) in [6, 6.07) is 8.31. The third-order valence-electron chi connectivity index (χ3n) is 3.62. The van der Waals surface area contributed by atoms with Crippen molar-refractivity contribution in [2.24, 2.45) is 0 Å². The molecule has 1 nitrogen and oxygen atoms in total. The van der Waals surface area contributed by atoms with Crippen LogP contribution >= 0.6 is 34.8 Å². The minimum Gasteiger partial charge on any atom is -0.490 e. The molecule has 1 aromatic carbocycles. The molecular weight excluding hydrogens is 363 g/mol. The highest BCUT2D eigenvalue weighted by Gasteiger charge is 2.16. The maximum absolute atomic E-state index is 5.77. The van der Waals surface area contributed by atoms with Crippen molar-refractivity contribution < 1.29 is 4.74 Å². The van der Waals surface area contributed by atoms with E-state index in [4.69, 9.17) is 39.5 Å². The van der Waals surface area contributed by atoms with Crippen molar-refractivity contribution in [1.82, 2.24) is 0 Å². The summed E-state index contributed by atoms with van der Waals surface area (Å²) in [4.78, 5) is 0. The zero-order chi connectivity index (χ0) is 18.2. The van der Waals surface area contributed by atoms with Crippen molar-refractivity contribution in [3.8, 4) is 5.75 Å². The molecule has 0 unspecified atom stereocenters. The largest absolute Gasteiger partial charge is 0.490 e. The Bertz CT molecular complexity index is 546. The van der Waals surface area contributed by atoms with Gasteiger partial charge in [0.15, 0.2) is 3.79 Å². The van der Waals surface area contributed by atoms with Gasteiger partial charge in [-0.3, -0.25) is 0 Å². The van der Waals surface area contributed by atoms with E-state index in [-0.39, 0.29) is 5.41 Å². The SMILES string of the molecule is CC(=CCOc1ccc(C(C)(C)C)cc1)CCC=CCC(Cl)(Cl)Cl. The molecule has 0 saturated carbocycles. The highest BCUT2D eigenvalue weighted by atomic mass is 35.6. The van der Waals surface area contributed by atoms with E-state index in [9.17, 15) is 0 Å². The number of benzene rings is 1. The molecule has 134 valence electrons. The van der Waals surface area contributed by atoms with Crippen LogP contribution in [0.5, 0.6) is 5.75 Å². The summed E-state index contributed by atoms with van der Waals surface area (Å²) in [5.74, 6) is 0.898. The molecule has 0 N–H and O–H groups in total. The van der Waals surface area contributed by atoms with E-state index < -0.39 is 3.79 Å². The van der Waals surface area contributed by atoms with E-state index in [0.717, 1.165) is 18.6 Å². The number of hydrogen-bond acceptors (Lipinski definition) is 1.